The van der Waals surface area contributed by atoms with Gasteiger partial charge >= 0.3 is 0 Å². The van der Waals surface area contributed by atoms with Crippen LogP contribution in [0.5, 0.6) is 5.75 Å². The first-order chi connectivity index (χ1) is 16.0. The van der Waals surface area contributed by atoms with Crippen LogP contribution in [0.2, 0.25) is 0 Å². The highest BCUT2D eigenvalue weighted by Crippen LogP contribution is 2.34. The van der Waals surface area contributed by atoms with E-state index in [0.717, 1.165) is 30.7 Å². The van der Waals surface area contributed by atoms with Gasteiger partial charge in [-0.1, -0.05) is 25.1 Å². The standard InChI is InChI=1S/C26H36N2O4S/c1-4-11-27(16-21(29)18-31-13-5-2)17-26(30)28-12-9-25-23(10-14-33-25)24(28)19-32-22-8-6-7-20(3)15-22/h5-8,10,14-15,21,24,29H,2,4,9,11-13,16-19H2,1,3H3/t21-,24+/m0/s1. The number of ether oxygens (including phenoxy) is 2. The van der Waals surface area contributed by atoms with Gasteiger partial charge < -0.3 is 19.5 Å². The molecule has 0 saturated carbocycles. The minimum atomic E-state index is -0.644. The molecule has 0 fully saturated rings. The summed E-state index contributed by atoms with van der Waals surface area (Å²) in [5.41, 5.74) is 2.33. The van der Waals surface area contributed by atoms with Gasteiger partial charge in [0.15, 0.2) is 0 Å². The van der Waals surface area contributed by atoms with Crippen LogP contribution in [0.25, 0.3) is 0 Å². The highest BCUT2D eigenvalue weighted by Gasteiger charge is 2.33. The third-order valence-corrected chi connectivity index (χ3v) is 6.72. The highest BCUT2D eigenvalue weighted by molar-refractivity contribution is 7.10. The highest BCUT2D eigenvalue weighted by atomic mass is 32.1. The van der Waals surface area contributed by atoms with Crippen molar-refractivity contribution in [3.8, 4) is 5.75 Å². The molecule has 1 amide bonds. The second-order valence-corrected chi connectivity index (χ2v) is 9.50. The largest absolute Gasteiger partial charge is 0.491 e. The average molecular weight is 473 g/mol. The van der Waals surface area contributed by atoms with E-state index in [9.17, 15) is 9.90 Å². The molecule has 180 valence electrons. The Bertz CT molecular complexity index is 900. The van der Waals surface area contributed by atoms with E-state index < -0.39 is 6.10 Å². The Hall–Kier alpha value is -2.19. The van der Waals surface area contributed by atoms with E-state index in [1.165, 1.54) is 10.4 Å². The lowest BCUT2D eigenvalue weighted by atomic mass is 10.0. The van der Waals surface area contributed by atoms with Gasteiger partial charge in [0.1, 0.15) is 12.4 Å². The minimum absolute atomic E-state index is 0.0670. The van der Waals surface area contributed by atoms with Crippen molar-refractivity contribution in [3.63, 3.8) is 0 Å². The quantitative estimate of drug-likeness (QED) is 0.355. The van der Waals surface area contributed by atoms with Crippen LogP contribution in [0.15, 0.2) is 48.4 Å². The van der Waals surface area contributed by atoms with Crippen LogP contribution >= 0.6 is 11.3 Å². The molecular weight excluding hydrogens is 436 g/mol. The number of thiophene rings is 1. The fourth-order valence-corrected chi connectivity index (χ4v) is 5.15. The SMILES string of the molecule is C=CCOC[C@@H](O)CN(CCC)CC(=O)N1CCc2sccc2[C@H]1COc1cccc(C)c1. The summed E-state index contributed by atoms with van der Waals surface area (Å²) in [4.78, 5) is 18.7. The number of aliphatic hydroxyl groups excluding tert-OH is 1. The minimum Gasteiger partial charge on any atom is -0.491 e. The van der Waals surface area contributed by atoms with Crippen LogP contribution in [0.3, 0.4) is 0 Å². The number of amides is 1. The molecule has 0 spiro atoms. The van der Waals surface area contributed by atoms with Crippen molar-refractivity contribution in [2.75, 3.05) is 46.0 Å². The zero-order chi connectivity index (χ0) is 23.6. The van der Waals surface area contributed by atoms with Gasteiger partial charge in [-0.3, -0.25) is 9.69 Å². The van der Waals surface area contributed by atoms with Crippen LogP contribution in [-0.4, -0.2) is 72.9 Å². The lowest BCUT2D eigenvalue weighted by Crippen LogP contribution is -2.48. The summed E-state index contributed by atoms with van der Waals surface area (Å²) in [6, 6.07) is 10.0. The summed E-state index contributed by atoms with van der Waals surface area (Å²) in [5.74, 6) is 0.886. The van der Waals surface area contributed by atoms with E-state index in [0.29, 0.717) is 26.3 Å². The summed E-state index contributed by atoms with van der Waals surface area (Å²) in [6.07, 6.45) is 2.79. The zero-order valence-corrected chi connectivity index (χ0v) is 20.6. The van der Waals surface area contributed by atoms with E-state index in [2.05, 4.69) is 24.9 Å². The number of benzene rings is 1. The first kappa shape index (κ1) is 25.4. The molecule has 7 heteroatoms. The van der Waals surface area contributed by atoms with Gasteiger partial charge in [-0.15, -0.1) is 17.9 Å². The smallest absolute Gasteiger partial charge is 0.237 e. The molecule has 1 aliphatic heterocycles. The van der Waals surface area contributed by atoms with Crippen LogP contribution in [0.4, 0.5) is 0 Å². The first-order valence-electron chi connectivity index (χ1n) is 11.7. The molecule has 0 unspecified atom stereocenters. The molecule has 0 radical (unpaired) electrons. The van der Waals surface area contributed by atoms with Gasteiger partial charge in [0.05, 0.1) is 31.9 Å². The van der Waals surface area contributed by atoms with Crippen molar-refractivity contribution in [2.24, 2.45) is 0 Å². The summed E-state index contributed by atoms with van der Waals surface area (Å²) < 4.78 is 11.5. The van der Waals surface area contributed by atoms with Crippen LogP contribution in [0.1, 0.15) is 35.4 Å². The lowest BCUT2D eigenvalue weighted by Gasteiger charge is -2.37. The van der Waals surface area contributed by atoms with E-state index in [4.69, 9.17) is 9.47 Å². The molecule has 2 heterocycles. The summed E-state index contributed by atoms with van der Waals surface area (Å²) in [6.45, 7) is 10.9. The molecule has 0 bridgehead atoms. The van der Waals surface area contributed by atoms with Gasteiger partial charge in [-0.2, -0.15) is 0 Å². The number of fused-ring (bicyclic) bond motifs is 1. The second kappa shape index (κ2) is 12.9. The predicted octanol–water partition coefficient (Wildman–Crippen LogP) is 3.84. The topological polar surface area (TPSA) is 62.2 Å². The van der Waals surface area contributed by atoms with E-state index >= 15 is 0 Å². The summed E-state index contributed by atoms with van der Waals surface area (Å²) >= 11 is 1.75. The van der Waals surface area contributed by atoms with Gasteiger partial charge in [-0.25, -0.2) is 0 Å². The third-order valence-electron chi connectivity index (χ3n) is 5.73. The van der Waals surface area contributed by atoms with Crippen molar-refractivity contribution < 1.29 is 19.4 Å². The normalized spacial score (nSPS) is 16.5. The van der Waals surface area contributed by atoms with Gasteiger partial charge in [-0.05, 0) is 61.0 Å². The molecule has 1 aromatic heterocycles. The Morgan fingerprint density at radius 2 is 2.27 bits per heavy atom. The van der Waals surface area contributed by atoms with Crippen molar-refractivity contribution in [1.82, 2.24) is 9.80 Å². The monoisotopic (exact) mass is 472 g/mol. The number of carbonyl (C=O) groups excluding carboxylic acids is 1. The Kier molecular flexibility index (Phi) is 9.94. The number of aryl methyl sites for hydroxylation is 1. The third kappa shape index (κ3) is 7.40. The first-order valence-corrected chi connectivity index (χ1v) is 12.5. The number of hydrogen-bond donors (Lipinski definition) is 1. The van der Waals surface area contributed by atoms with Crippen LogP contribution in [0, 0.1) is 6.92 Å². The van der Waals surface area contributed by atoms with Crippen molar-refractivity contribution in [1.29, 1.82) is 0 Å². The number of hydrogen-bond acceptors (Lipinski definition) is 6. The molecular formula is C26H36N2O4S. The average Bonchev–Trinajstić information content (AvgIpc) is 3.27. The molecule has 2 atom stereocenters. The van der Waals surface area contributed by atoms with Crippen LogP contribution in [-0.2, 0) is 16.0 Å². The zero-order valence-electron chi connectivity index (χ0n) is 19.7. The molecule has 1 N–H and O–H groups in total. The Balaban J connectivity index is 1.67. The van der Waals surface area contributed by atoms with Crippen LogP contribution < -0.4 is 4.74 Å². The lowest BCUT2D eigenvalue weighted by molar-refractivity contribution is -0.136. The maximum absolute atomic E-state index is 13.4. The fraction of sp³-hybridized carbons (Fsp3) is 0.500. The number of rotatable bonds is 13. The number of aliphatic hydroxyl groups is 1. The molecule has 3 rings (SSSR count). The Morgan fingerprint density at radius 3 is 3.03 bits per heavy atom. The molecule has 1 aromatic carbocycles. The molecule has 0 saturated heterocycles. The fourth-order valence-electron chi connectivity index (χ4n) is 4.23. The maximum atomic E-state index is 13.4. The summed E-state index contributed by atoms with van der Waals surface area (Å²) in [7, 11) is 0. The van der Waals surface area contributed by atoms with E-state index in [1.807, 2.05) is 41.0 Å². The van der Waals surface area contributed by atoms with Crippen molar-refractivity contribution in [3.05, 3.63) is 64.4 Å². The molecule has 0 aliphatic carbocycles. The van der Waals surface area contributed by atoms with Gasteiger partial charge in [0.2, 0.25) is 5.91 Å². The Labute approximate surface area is 201 Å². The van der Waals surface area contributed by atoms with Gasteiger partial charge in [0.25, 0.3) is 0 Å². The predicted molar refractivity (Wildman–Crippen MR) is 133 cm³/mol. The maximum Gasteiger partial charge on any atom is 0.237 e. The second-order valence-electron chi connectivity index (χ2n) is 8.49. The Morgan fingerprint density at radius 1 is 1.42 bits per heavy atom. The molecule has 1 aliphatic rings. The van der Waals surface area contributed by atoms with Crippen molar-refractivity contribution in [2.45, 2.75) is 38.8 Å². The van der Waals surface area contributed by atoms with Crippen molar-refractivity contribution >= 4 is 17.2 Å². The van der Waals surface area contributed by atoms with E-state index in [-0.39, 0.29) is 25.1 Å². The molecule has 2 aromatic rings. The van der Waals surface area contributed by atoms with E-state index in [1.54, 1.807) is 17.4 Å². The number of nitrogens with zero attached hydrogens (tertiary/aromatic N) is 2. The number of carbonyl (C=O) groups is 1. The van der Waals surface area contributed by atoms with Gasteiger partial charge in [0, 0.05) is 18.0 Å². The summed E-state index contributed by atoms with van der Waals surface area (Å²) in [5, 5.41) is 12.4. The molecule has 6 nitrogen and oxygen atoms in total. The molecule has 33 heavy (non-hydrogen) atoms.